The van der Waals surface area contributed by atoms with Crippen LogP contribution >= 0.6 is 23.2 Å². The summed E-state index contributed by atoms with van der Waals surface area (Å²) in [6.07, 6.45) is 9.88. The Bertz CT molecular complexity index is 853. The highest BCUT2D eigenvalue weighted by atomic mass is 35.5. The van der Waals surface area contributed by atoms with Gasteiger partial charge in [0.2, 0.25) is 10.6 Å². The highest BCUT2D eigenvalue weighted by Gasteiger charge is 2.28. The van der Waals surface area contributed by atoms with Crippen molar-refractivity contribution in [2.24, 2.45) is 0 Å². The molecule has 2 aromatic heterocycles. The third-order valence-electron chi connectivity index (χ3n) is 5.49. The van der Waals surface area contributed by atoms with Crippen molar-refractivity contribution < 1.29 is 5.11 Å². The highest BCUT2D eigenvalue weighted by Crippen LogP contribution is 2.32. The molecule has 1 saturated heterocycles. The largest absolute Gasteiger partial charge is 0.396 e. The molecule has 0 aromatic carbocycles. The molecule has 0 unspecified atom stereocenters. The Morgan fingerprint density at radius 2 is 1.86 bits per heavy atom. The fourth-order valence-electron chi connectivity index (χ4n) is 4.04. The molecule has 0 amide bonds. The van der Waals surface area contributed by atoms with Crippen LogP contribution in [-0.2, 0) is 6.42 Å². The van der Waals surface area contributed by atoms with Crippen molar-refractivity contribution >= 4 is 40.5 Å². The molecule has 0 radical (unpaired) electrons. The molecular formula is C19H25Cl2N7O. The summed E-state index contributed by atoms with van der Waals surface area (Å²) in [4.78, 5) is 18.6. The first kappa shape index (κ1) is 20.4. The lowest BCUT2D eigenvalue weighted by Crippen LogP contribution is -2.46. The molecule has 2 bridgehead atoms. The van der Waals surface area contributed by atoms with E-state index in [9.17, 15) is 0 Å². The van der Waals surface area contributed by atoms with Gasteiger partial charge in [0, 0.05) is 43.5 Å². The van der Waals surface area contributed by atoms with Crippen LogP contribution in [-0.4, -0.2) is 56.8 Å². The summed E-state index contributed by atoms with van der Waals surface area (Å²) < 4.78 is 0. The van der Waals surface area contributed by atoms with E-state index in [-0.39, 0.29) is 11.9 Å². The second kappa shape index (κ2) is 9.28. The van der Waals surface area contributed by atoms with E-state index in [1.54, 1.807) is 12.4 Å². The maximum absolute atomic E-state index is 8.76. The van der Waals surface area contributed by atoms with Crippen LogP contribution in [0.15, 0.2) is 12.4 Å². The average molecular weight is 438 g/mol. The fraction of sp³-hybridized carbons (Fsp3) is 0.579. The summed E-state index contributed by atoms with van der Waals surface area (Å²) >= 11 is 11.5. The highest BCUT2D eigenvalue weighted by molar-refractivity contribution is 6.28. The summed E-state index contributed by atoms with van der Waals surface area (Å²) in [5.41, 5.74) is 2.21. The number of hydrogen-bond donors (Lipinski definition) is 3. The van der Waals surface area contributed by atoms with Crippen molar-refractivity contribution in [2.45, 2.75) is 50.6 Å². The summed E-state index contributed by atoms with van der Waals surface area (Å²) in [5.74, 6) is 1.74. The quantitative estimate of drug-likeness (QED) is 0.629. The fourth-order valence-corrected chi connectivity index (χ4v) is 4.31. The summed E-state index contributed by atoms with van der Waals surface area (Å²) in [5, 5.41) is 16.1. The molecule has 0 spiro atoms. The van der Waals surface area contributed by atoms with Crippen molar-refractivity contribution in [3.8, 4) is 0 Å². The number of aliphatic hydroxyl groups excluding tert-OH is 1. The van der Waals surface area contributed by atoms with Gasteiger partial charge in [-0.3, -0.25) is 0 Å². The lowest BCUT2D eigenvalue weighted by Gasteiger charge is -2.40. The molecule has 3 N–H and O–H groups in total. The van der Waals surface area contributed by atoms with Crippen LogP contribution in [0.3, 0.4) is 0 Å². The predicted octanol–water partition coefficient (Wildman–Crippen LogP) is 3.15. The van der Waals surface area contributed by atoms with Crippen molar-refractivity contribution in [3.05, 3.63) is 28.5 Å². The second-order valence-electron chi connectivity index (χ2n) is 7.56. The normalized spacial score (nSPS) is 21.7. The van der Waals surface area contributed by atoms with Gasteiger partial charge in [0.1, 0.15) is 5.82 Å². The SMILES string of the molecule is Clc1ncc2c(n1)N[C@H]1CCCN2C1.OCCC[C@H]1CCc2cnc(Cl)nc2N1. The number of rotatable bonds is 3. The number of fused-ring (bicyclic) bond motifs is 5. The molecule has 5 rings (SSSR count). The van der Waals surface area contributed by atoms with Gasteiger partial charge in [0.25, 0.3) is 0 Å². The zero-order valence-corrected chi connectivity index (χ0v) is 17.6. The molecule has 3 aliphatic heterocycles. The van der Waals surface area contributed by atoms with Gasteiger partial charge in [0.05, 0.1) is 11.9 Å². The standard InChI is InChI=1S/C10H14ClN3O.C9H11ClN4/c11-10-12-6-7-3-4-8(2-1-5-15)13-9(7)14-10;10-9-11-4-7-8(13-9)12-6-2-1-3-14(7)5-6/h6,8,15H,1-5H2,(H,12,13,14);4,6H,1-3,5H2,(H,11,12,13)/t8-;6-/m00/s1. The minimum absolute atomic E-state index is 0.246. The molecule has 0 aliphatic carbocycles. The predicted molar refractivity (Wildman–Crippen MR) is 115 cm³/mol. The van der Waals surface area contributed by atoms with Crippen molar-refractivity contribution in [1.29, 1.82) is 0 Å². The van der Waals surface area contributed by atoms with Gasteiger partial charge in [-0.15, -0.1) is 0 Å². The van der Waals surface area contributed by atoms with E-state index in [4.69, 9.17) is 28.3 Å². The van der Waals surface area contributed by atoms with E-state index in [0.717, 1.165) is 61.7 Å². The number of anilines is 3. The molecule has 2 aromatic rings. The monoisotopic (exact) mass is 437 g/mol. The first-order valence-corrected chi connectivity index (χ1v) is 10.8. The number of nitrogens with zero attached hydrogens (tertiary/aromatic N) is 5. The molecule has 29 heavy (non-hydrogen) atoms. The van der Waals surface area contributed by atoms with Crippen LogP contribution in [0.25, 0.3) is 0 Å². The Morgan fingerprint density at radius 1 is 1.07 bits per heavy atom. The number of nitrogens with one attached hydrogen (secondary N) is 2. The van der Waals surface area contributed by atoms with Gasteiger partial charge in [-0.25, -0.2) is 15.0 Å². The smallest absolute Gasteiger partial charge is 0.224 e. The van der Waals surface area contributed by atoms with Crippen LogP contribution in [0, 0.1) is 0 Å². The number of aryl methyl sites for hydroxylation is 1. The molecule has 8 nitrogen and oxygen atoms in total. The number of hydrogen-bond acceptors (Lipinski definition) is 8. The number of aromatic nitrogens is 4. The second-order valence-corrected chi connectivity index (χ2v) is 8.24. The molecule has 156 valence electrons. The van der Waals surface area contributed by atoms with E-state index in [2.05, 4.69) is 35.5 Å². The number of piperidine rings is 1. The van der Waals surface area contributed by atoms with Gasteiger partial charge >= 0.3 is 0 Å². The van der Waals surface area contributed by atoms with Crippen LogP contribution in [0.1, 0.15) is 37.7 Å². The molecule has 2 atom stereocenters. The Labute approximate surface area is 180 Å². The lowest BCUT2D eigenvalue weighted by atomic mass is 9.99. The average Bonchev–Trinajstić information content (AvgIpc) is 2.72. The minimum atomic E-state index is 0.246. The minimum Gasteiger partial charge on any atom is -0.396 e. The van der Waals surface area contributed by atoms with Gasteiger partial charge in [0.15, 0.2) is 5.82 Å². The first-order chi connectivity index (χ1) is 14.1. The Balaban J connectivity index is 0.000000141. The van der Waals surface area contributed by atoms with Crippen LogP contribution in [0.2, 0.25) is 10.6 Å². The van der Waals surface area contributed by atoms with Crippen molar-refractivity contribution in [1.82, 2.24) is 19.9 Å². The Morgan fingerprint density at radius 3 is 2.69 bits per heavy atom. The number of halogens is 2. The topological polar surface area (TPSA) is 99.1 Å². The molecule has 3 aliphatic rings. The van der Waals surface area contributed by atoms with Gasteiger partial charge in [-0.1, -0.05) is 0 Å². The summed E-state index contributed by atoms with van der Waals surface area (Å²) in [6.45, 7) is 2.42. The van der Waals surface area contributed by atoms with Crippen LogP contribution < -0.4 is 15.5 Å². The van der Waals surface area contributed by atoms with Crippen LogP contribution in [0.5, 0.6) is 0 Å². The van der Waals surface area contributed by atoms with Gasteiger partial charge < -0.3 is 20.6 Å². The van der Waals surface area contributed by atoms with Crippen molar-refractivity contribution in [3.63, 3.8) is 0 Å². The molecule has 0 saturated carbocycles. The molecular weight excluding hydrogens is 413 g/mol. The zero-order chi connectivity index (χ0) is 20.2. The lowest BCUT2D eigenvalue weighted by molar-refractivity contribution is 0.279. The maximum atomic E-state index is 8.76. The molecule has 1 fully saturated rings. The van der Waals surface area contributed by atoms with E-state index in [0.29, 0.717) is 17.4 Å². The Hall–Kier alpha value is -1.90. The van der Waals surface area contributed by atoms with Gasteiger partial charge in [-0.05, 0) is 61.7 Å². The third-order valence-corrected chi connectivity index (χ3v) is 5.86. The molecule has 10 heteroatoms. The van der Waals surface area contributed by atoms with E-state index < -0.39 is 0 Å². The van der Waals surface area contributed by atoms with Crippen molar-refractivity contribution in [2.75, 3.05) is 35.2 Å². The maximum Gasteiger partial charge on any atom is 0.224 e. The summed E-state index contributed by atoms with van der Waals surface area (Å²) in [7, 11) is 0. The van der Waals surface area contributed by atoms with Gasteiger partial charge in [-0.2, -0.15) is 4.98 Å². The van der Waals surface area contributed by atoms with E-state index >= 15 is 0 Å². The zero-order valence-electron chi connectivity index (χ0n) is 16.1. The molecule has 5 heterocycles. The Kier molecular flexibility index (Phi) is 6.52. The van der Waals surface area contributed by atoms with Crippen LogP contribution in [0.4, 0.5) is 17.3 Å². The summed E-state index contributed by atoms with van der Waals surface area (Å²) in [6, 6.07) is 0.929. The first-order valence-electron chi connectivity index (χ1n) is 10.0. The third kappa shape index (κ3) is 4.99. The number of aliphatic hydroxyl groups is 1. The van der Waals surface area contributed by atoms with E-state index in [1.165, 1.54) is 12.8 Å². The van der Waals surface area contributed by atoms with E-state index in [1.807, 2.05) is 0 Å².